The molecule has 0 aromatic rings. The van der Waals surface area contributed by atoms with Gasteiger partial charge in [-0.1, -0.05) is 0 Å². The van der Waals surface area contributed by atoms with Gasteiger partial charge in [-0.15, -0.1) is 4.53 Å². The van der Waals surface area contributed by atoms with E-state index < -0.39 is 0 Å². The van der Waals surface area contributed by atoms with Crippen LogP contribution in [0, 0.1) is 0 Å². The van der Waals surface area contributed by atoms with Crippen LogP contribution in [0.25, 0.3) is 0 Å². The third kappa shape index (κ3) is 1.19. The van der Waals surface area contributed by atoms with Crippen LogP contribution in [0.15, 0.2) is 20.9 Å². The van der Waals surface area contributed by atoms with Gasteiger partial charge >= 0.3 is 5.84 Å². The highest BCUT2D eigenvalue weighted by Crippen LogP contribution is 2.19. The van der Waals surface area contributed by atoms with Gasteiger partial charge in [0.2, 0.25) is 6.67 Å². The Kier molecular flexibility index (Phi) is 1.71. The molecule has 0 atom stereocenters. The average molecular weight is 235 g/mol. The first-order valence-corrected chi connectivity index (χ1v) is 4.09. The van der Waals surface area contributed by atoms with Crippen LogP contribution in [0.2, 0.25) is 0 Å². The van der Waals surface area contributed by atoms with Crippen LogP contribution >= 0.6 is 27.7 Å². The zero-order valence-corrected chi connectivity index (χ0v) is 7.75. The number of nitrogens with zero attached hydrogens (tertiary/aromatic N) is 4. The van der Waals surface area contributed by atoms with E-state index in [9.17, 15) is 0 Å². The van der Waals surface area contributed by atoms with E-state index in [1.807, 2.05) is 4.90 Å². The predicted octanol–water partition coefficient (Wildman–Crippen LogP) is 1.15. The maximum absolute atomic E-state index is 5.64. The molecule has 57 valence electrons. The summed E-state index contributed by atoms with van der Waals surface area (Å²) in [7, 11) is 0. The Bertz CT molecular complexity index is 272. The number of hydrazone groups is 1. The summed E-state index contributed by atoms with van der Waals surface area (Å²) in [4.78, 5) is 5.97. The van der Waals surface area contributed by atoms with Crippen LogP contribution in [-0.4, -0.2) is 23.2 Å². The van der Waals surface area contributed by atoms with E-state index in [4.69, 9.17) is 11.8 Å². The van der Waals surface area contributed by atoms with Gasteiger partial charge in [0.15, 0.2) is 0 Å². The van der Waals surface area contributed by atoms with Gasteiger partial charge < -0.3 is 0 Å². The molecule has 0 aromatic carbocycles. The van der Waals surface area contributed by atoms with Gasteiger partial charge in [0, 0.05) is 27.7 Å². The molecule has 0 spiro atoms. The molecule has 4 nitrogen and oxygen atoms in total. The molecule has 0 saturated heterocycles. The number of hydrogen-bond donors (Lipinski definition) is 0. The van der Waals surface area contributed by atoms with Crippen molar-refractivity contribution in [1.29, 1.82) is 0 Å². The van der Waals surface area contributed by atoms with Crippen molar-refractivity contribution in [2.45, 2.75) is 0 Å². The van der Waals surface area contributed by atoms with E-state index in [0.717, 1.165) is 10.4 Å². The maximum Gasteiger partial charge on any atom is 0.305 e. The van der Waals surface area contributed by atoms with Gasteiger partial charge in [-0.2, -0.15) is 10.1 Å². The number of hydrogen-bond acceptors (Lipinski definition) is 4. The minimum atomic E-state index is 0.522. The molecule has 0 bridgehead atoms. The highest BCUT2D eigenvalue weighted by molar-refractivity contribution is 9.11. The summed E-state index contributed by atoms with van der Waals surface area (Å²) >= 11 is 8.97. The largest absolute Gasteiger partial charge is 0.305 e. The van der Waals surface area contributed by atoms with Crippen molar-refractivity contribution >= 4 is 39.8 Å². The number of rotatable bonds is 0. The maximum atomic E-state index is 5.64. The number of amidine groups is 1. The fraction of sp³-hybridized carbons (Fsp3) is 0.200. The van der Waals surface area contributed by atoms with Crippen LogP contribution in [0.4, 0.5) is 0 Å². The van der Waals surface area contributed by atoms with E-state index in [0.29, 0.717) is 6.67 Å². The Morgan fingerprint density at radius 2 is 2.55 bits per heavy atom. The van der Waals surface area contributed by atoms with Crippen molar-refractivity contribution in [3.63, 3.8) is 0 Å². The Morgan fingerprint density at radius 3 is 3.36 bits per heavy atom. The molecule has 6 heteroatoms. The fourth-order valence-electron chi connectivity index (χ4n) is 0.879. The van der Waals surface area contributed by atoms with Crippen molar-refractivity contribution in [2.75, 3.05) is 6.67 Å². The highest BCUT2D eigenvalue weighted by Gasteiger charge is 2.35. The van der Waals surface area contributed by atoms with E-state index in [1.54, 1.807) is 12.4 Å². The molecule has 0 unspecified atom stereocenters. The zero-order chi connectivity index (χ0) is 7.84. The molecular weight excluding hydrogens is 231 g/mol. The van der Waals surface area contributed by atoms with Gasteiger partial charge in [-0.25, -0.2) is 0 Å². The minimum Gasteiger partial charge on any atom is -0.192 e. The topological polar surface area (TPSA) is 33.9 Å². The highest BCUT2D eigenvalue weighted by atomic mass is 79.9. The molecule has 1 radical (unpaired) electrons. The molecule has 2 rings (SSSR count). The molecule has 2 aliphatic rings. The molecule has 2 aliphatic heterocycles. The lowest BCUT2D eigenvalue weighted by Gasteiger charge is -2.13. The molecule has 2 heterocycles. The van der Waals surface area contributed by atoms with Crippen LogP contribution in [0.5, 0.6) is 0 Å². The second-order valence-electron chi connectivity index (χ2n) is 2.09. The summed E-state index contributed by atoms with van der Waals surface area (Å²) in [5, 5.41) is 3.85. The lowest BCUT2D eigenvalue weighted by molar-refractivity contribution is 0.417. The van der Waals surface area contributed by atoms with Gasteiger partial charge in [-0.05, 0) is 4.90 Å². The molecule has 0 fully saturated rings. The quantitative estimate of drug-likeness (QED) is 0.352. The lowest BCUT2D eigenvalue weighted by atomic mass is 10.5. The summed E-state index contributed by atoms with van der Waals surface area (Å²) in [6.45, 7) is 0.522. The van der Waals surface area contributed by atoms with E-state index >= 15 is 0 Å². The van der Waals surface area contributed by atoms with Crippen molar-refractivity contribution < 1.29 is 0 Å². The van der Waals surface area contributed by atoms with Gasteiger partial charge in [0.25, 0.3) is 4.61 Å². The summed E-state index contributed by atoms with van der Waals surface area (Å²) < 4.78 is 2.23. The minimum absolute atomic E-state index is 0.522. The first-order valence-electron chi connectivity index (χ1n) is 2.96. The first-order chi connectivity index (χ1) is 5.27. The molecule has 0 aliphatic carbocycles. The average Bonchev–Trinajstić information content (AvgIpc) is 2.33. The van der Waals surface area contributed by atoms with Crippen molar-refractivity contribution in [2.24, 2.45) is 10.1 Å². The Labute approximate surface area is 77.1 Å². The summed E-state index contributed by atoms with van der Waals surface area (Å²) in [6, 6.07) is 0. The number of fused-ring (bicyclic) bond motifs is 1. The fourth-order valence-corrected chi connectivity index (χ4v) is 1.43. The number of aliphatic imine (C=N–C) groups is 1. The number of halogens is 2. The first kappa shape index (κ1) is 7.27. The third-order valence-corrected chi connectivity index (χ3v) is 2.22. The molecular formula is C5H4BrClN4+. The molecule has 0 N–H and O–H groups in total. The van der Waals surface area contributed by atoms with E-state index in [2.05, 4.69) is 26.0 Å². The zero-order valence-electron chi connectivity index (χ0n) is 5.41. The molecule has 0 saturated carbocycles. The Balaban J connectivity index is 2.28. The molecule has 11 heavy (non-hydrogen) atoms. The van der Waals surface area contributed by atoms with Gasteiger partial charge in [0.1, 0.15) is 12.4 Å². The van der Waals surface area contributed by atoms with Crippen LogP contribution in [0.1, 0.15) is 0 Å². The van der Waals surface area contributed by atoms with Gasteiger partial charge in [-0.3, -0.25) is 0 Å². The van der Waals surface area contributed by atoms with Crippen LogP contribution in [-0.2, 0) is 0 Å². The third-order valence-electron chi connectivity index (χ3n) is 1.39. The Morgan fingerprint density at radius 1 is 1.73 bits per heavy atom. The van der Waals surface area contributed by atoms with E-state index in [1.165, 1.54) is 4.53 Å². The van der Waals surface area contributed by atoms with Crippen molar-refractivity contribution in [3.8, 4) is 0 Å². The van der Waals surface area contributed by atoms with Gasteiger partial charge in [0.05, 0.1) is 0 Å². The predicted molar refractivity (Wildman–Crippen MR) is 47.6 cm³/mol. The lowest BCUT2D eigenvalue weighted by Crippen LogP contribution is -2.42. The SMILES string of the molecule is ClN1C[N+]2C(Br)=CN=C2C=N1. The molecule has 0 amide bonds. The standard InChI is InChI=1S/C5H4BrClN4/c6-4-1-8-5-2-9-11(7)3-10(4)5/h1-2H,3H2/q+1. The smallest absolute Gasteiger partial charge is 0.192 e. The second kappa shape index (κ2) is 2.58. The van der Waals surface area contributed by atoms with Crippen LogP contribution < -0.4 is 4.90 Å². The van der Waals surface area contributed by atoms with Crippen LogP contribution in [0.3, 0.4) is 0 Å². The molecule has 0 aromatic heterocycles. The monoisotopic (exact) mass is 234 g/mol. The van der Waals surface area contributed by atoms with Crippen molar-refractivity contribution in [1.82, 2.24) is 9.43 Å². The van der Waals surface area contributed by atoms with E-state index in [-0.39, 0.29) is 0 Å². The normalized spacial score (nSPS) is 23.3. The summed E-state index contributed by atoms with van der Waals surface area (Å²) in [5.41, 5.74) is 0. The Hall–Kier alpha value is -0.390. The summed E-state index contributed by atoms with van der Waals surface area (Å²) in [5.74, 6) is 0.814. The second-order valence-corrected chi connectivity index (χ2v) is 3.29. The van der Waals surface area contributed by atoms with Crippen molar-refractivity contribution in [3.05, 3.63) is 10.8 Å². The summed E-state index contributed by atoms with van der Waals surface area (Å²) in [6.07, 6.45) is 3.33.